The van der Waals surface area contributed by atoms with E-state index in [1.165, 1.54) is 16.4 Å². The fourth-order valence-corrected chi connectivity index (χ4v) is 5.49. The van der Waals surface area contributed by atoms with E-state index in [1.807, 2.05) is 43.5 Å². The zero-order valence-corrected chi connectivity index (χ0v) is 18.2. The average molecular weight is 440 g/mol. The minimum Gasteiger partial charge on any atom is -0.457 e. The molecule has 3 aromatic rings. The van der Waals surface area contributed by atoms with Crippen molar-refractivity contribution < 1.29 is 17.9 Å². The van der Waals surface area contributed by atoms with E-state index in [-0.39, 0.29) is 23.1 Å². The van der Waals surface area contributed by atoms with Gasteiger partial charge in [-0.15, -0.1) is 0 Å². The van der Waals surface area contributed by atoms with Gasteiger partial charge in [0.15, 0.2) is 0 Å². The molecule has 0 amide bonds. The summed E-state index contributed by atoms with van der Waals surface area (Å²) in [5.74, 6) is -0.556. The Bertz CT molecular complexity index is 1140. The summed E-state index contributed by atoms with van der Waals surface area (Å²) in [6, 6.07) is 15.4. The molecule has 162 valence electrons. The van der Waals surface area contributed by atoms with Crippen LogP contribution < -0.4 is 0 Å². The normalized spacial score (nSPS) is 17.4. The van der Waals surface area contributed by atoms with Crippen molar-refractivity contribution in [1.29, 1.82) is 0 Å². The highest BCUT2D eigenvalue weighted by molar-refractivity contribution is 7.89. The molecule has 1 saturated heterocycles. The quantitative estimate of drug-likeness (QED) is 0.546. The van der Waals surface area contributed by atoms with Crippen LogP contribution in [-0.4, -0.2) is 41.1 Å². The zero-order chi connectivity index (χ0) is 21.8. The first kappa shape index (κ1) is 21.3. The highest BCUT2D eigenvalue weighted by atomic mass is 32.2. The van der Waals surface area contributed by atoms with Gasteiger partial charge < -0.3 is 4.74 Å². The number of ether oxygens (including phenoxy) is 1. The lowest BCUT2D eigenvalue weighted by Crippen LogP contribution is -2.41. The zero-order valence-electron chi connectivity index (χ0n) is 17.3. The molecule has 1 aliphatic heterocycles. The third-order valence-electron chi connectivity index (χ3n) is 5.49. The van der Waals surface area contributed by atoms with Crippen LogP contribution in [0.2, 0.25) is 0 Å². The number of piperidine rings is 1. The number of esters is 1. The lowest BCUT2D eigenvalue weighted by molar-refractivity contribution is 0.0472. The van der Waals surface area contributed by atoms with E-state index in [1.54, 1.807) is 23.0 Å². The maximum atomic E-state index is 13.0. The molecule has 0 saturated carbocycles. The van der Waals surface area contributed by atoms with Crippen LogP contribution in [-0.2, 0) is 21.4 Å². The summed E-state index contributed by atoms with van der Waals surface area (Å²) < 4.78 is 34.8. The van der Waals surface area contributed by atoms with Crippen molar-refractivity contribution >= 4 is 16.0 Å². The van der Waals surface area contributed by atoms with Gasteiger partial charge in [0.05, 0.1) is 16.1 Å². The molecule has 0 aliphatic carbocycles. The Balaban J connectivity index is 1.43. The van der Waals surface area contributed by atoms with Gasteiger partial charge in [-0.2, -0.15) is 9.40 Å². The van der Waals surface area contributed by atoms with Crippen molar-refractivity contribution in [2.45, 2.75) is 43.7 Å². The Hall–Kier alpha value is -2.97. The van der Waals surface area contributed by atoms with Gasteiger partial charge >= 0.3 is 5.97 Å². The SMILES string of the molecule is CC1CCCCN1S(=O)(=O)c1cccc(C(=O)OCc2ccc(-n3cccn3)cc2)c1. The molecule has 0 N–H and O–H groups in total. The van der Waals surface area contributed by atoms with Gasteiger partial charge in [-0.05, 0) is 61.7 Å². The molecular weight excluding hydrogens is 414 g/mol. The number of rotatable bonds is 6. The molecule has 8 heteroatoms. The van der Waals surface area contributed by atoms with Crippen LogP contribution in [0.25, 0.3) is 5.69 Å². The van der Waals surface area contributed by atoms with Crippen molar-refractivity contribution in [2.75, 3.05) is 6.54 Å². The summed E-state index contributed by atoms with van der Waals surface area (Å²) in [4.78, 5) is 12.7. The number of nitrogens with zero attached hydrogens (tertiary/aromatic N) is 3. The Kier molecular flexibility index (Phi) is 6.20. The highest BCUT2D eigenvalue weighted by Crippen LogP contribution is 2.25. The van der Waals surface area contributed by atoms with Crippen LogP contribution in [0.3, 0.4) is 0 Å². The van der Waals surface area contributed by atoms with Gasteiger partial charge in [0, 0.05) is 25.0 Å². The maximum absolute atomic E-state index is 13.0. The molecule has 1 aliphatic rings. The van der Waals surface area contributed by atoms with Gasteiger partial charge in [-0.25, -0.2) is 17.9 Å². The molecule has 2 heterocycles. The van der Waals surface area contributed by atoms with E-state index in [2.05, 4.69) is 5.10 Å². The molecule has 4 rings (SSSR count). The first-order valence-electron chi connectivity index (χ1n) is 10.3. The second kappa shape index (κ2) is 9.03. The molecule has 7 nitrogen and oxygen atoms in total. The Labute approximate surface area is 182 Å². The second-order valence-corrected chi connectivity index (χ2v) is 9.57. The molecule has 2 aromatic carbocycles. The van der Waals surface area contributed by atoms with Gasteiger partial charge in [-0.1, -0.05) is 24.6 Å². The lowest BCUT2D eigenvalue weighted by atomic mass is 10.1. The standard InChI is InChI=1S/C23H25N3O4S/c1-18-6-2-3-15-26(18)31(28,29)22-8-4-7-20(16-22)23(27)30-17-19-9-11-21(12-10-19)25-14-5-13-24-25/h4-5,7-14,16,18H,2-3,6,15,17H2,1H3. The van der Waals surface area contributed by atoms with Crippen LogP contribution in [0.4, 0.5) is 0 Å². The molecule has 0 bridgehead atoms. The van der Waals surface area contributed by atoms with Crippen LogP contribution >= 0.6 is 0 Å². The Morgan fingerprint density at radius 1 is 1.13 bits per heavy atom. The summed E-state index contributed by atoms with van der Waals surface area (Å²) >= 11 is 0. The van der Waals surface area contributed by atoms with Crippen molar-refractivity contribution in [3.05, 3.63) is 78.1 Å². The number of hydrogen-bond donors (Lipinski definition) is 0. The van der Waals surface area contributed by atoms with Crippen LogP contribution in [0.5, 0.6) is 0 Å². The summed E-state index contributed by atoms with van der Waals surface area (Å²) in [5.41, 5.74) is 1.96. The first-order valence-corrected chi connectivity index (χ1v) is 11.8. The number of carbonyl (C=O) groups is 1. The maximum Gasteiger partial charge on any atom is 0.338 e. The minimum absolute atomic E-state index is 0.0425. The molecule has 31 heavy (non-hydrogen) atoms. The molecule has 1 unspecified atom stereocenters. The van der Waals surface area contributed by atoms with Crippen molar-refractivity contribution in [1.82, 2.24) is 14.1 Å². The third-order valence-corrected chi connectivity index (χ3v) is 7.50. The van der Waals surface area contributed by atoms with Crippen LogP contribution in [0.15, 0.2) is 71.9 Å². The number of sulfonamides is 1. The molecule has 1 atom stereocenters. The molecular formula is C23H25N3O4S. The molecule has 0 spiro atoms. The second-order valence-electron chi connectivity index (χ2n) is 7.68. The van der Waals surface area contributed by atoms with Crippen molar-refractivity contribution in [2.24, 2.45) is 0 Å². The van der Waals surface area contributed by atoms with Gasteiger partial charge in [0.1, 0.15) is 6.61 Å². The predicted molar refractivity (Wildman–Crippen MR) is 116 cm³/mol. The average Bonchev–Trinajstić information content (AvgIpc) is 3.33. The van der Waals surface area contributed by atoms with Gasteiger partial charge in [-0.3, -0.25) is 0 Å². The highest BCUT2D eigenvalue weighted by Gasteiger charge is 2.31. The number of benzene rings is 2. The summed E-state index contributed by atoms with van der Waals surface area (Å²) in [6.07, 6.45) is 6.28. The van der Waals surface area contributed by atoms with Crippen molar-refractivity contribution in [3.8, 4) is 5.69 Å². The number of aromatic nitrogens is 2. The lowest BCUT2D eigenvalue weighted by Gasteiger charge is -2.32. The molecule has 1 fully saturated rings. The Morgan fingerprint density at radius 3 is 2.65 bits per heavy atom. The fraction of sp³-hybridized carbons (Fsp3) is 0.304. The topological polar surface area (TPSA) is 81.5 Å². The summed E-state index contributed by atoms with van der Waals surface area (Å²) in [5, 5.41) is 4.18. The summed E-state index contributed by atoms with van der Waals surface area (Å²) in [7, 11) is -3.64. The van der Waals surface area contributed by atoms with E-state index in [0.29, 0.717) is 6.54 Å². The first-order chi connectivity index (χ1) is 14.9. The van der Waals surface area contributed by atoms with Crippen LogP contribution in [0, 0.1) is 0 Å². The third kappa shape index (κ3) is 4.70. The molecule has 1 aromatic heterocycles. The summed E-state index contributed by atoms with van der Waals surface area (Å²) in [6.45, 7) is 2.53. The van der Waals surface area contributed by atoms with Gasteiger partial charge in [0.2, 0.25) is 10.0 Å². The molecule has 0 radical (unpaired) electrons. The predicted octanol–water partition coefficient (Wildman–Crippen LogP) is 3.79. The van der Waals surface area contributed by atoms with Crippen LogP contribution in [0.1, 0.15) is 42.1 Å². The van der Waals surface area contributed by atoms with E-state index < -0.39 is 16.0 Å². The van der Waals surface area contributed by atoms with E-state index in [4.69, 9.17) is 4.74 Å². The van der Waals surface area contributed by atoms with Crippen molar-refractivity contribution in [3.63, 3.8) is 0 Å². The number of carbonyl (C=O) groups excluding carboxylic acids is 1. The van der Waals surface area contributed by atoms with E-state index >= 15 is 0 Å². The Morgan fingerprint density at radius 2 is 1.94 bits per heavy atom. The monoisotopic (exact) mass is 439 g/mol. The number of hydrogen-bond acceptors (Lipinski definition) is 5. The smallest absolute Gasteiger partial charge is 0.338 e. The largest absolute Gasteiger partial charge is 0.457 e. The van der Waals surface area contributed by atoms with Gasteiger partial charge in [0.25, 0.3) is 0 Å². The minimum atomic E-state index is -3.64. The van der Waals surface area contributed by atoms with E-state index in [0.717, 1.165) is 30.5 Å². The fourth-order valence-electron chi connectivity index (χ4n) is 3.75. The van der Waals surface area contributed by atoms with E-state index in [9.17, 15) is 13.2 Å².